The summed E-state index contributed by atoms with van der Waals surface area (Å²) in [6.45, 7) is 2.84. The molecule has 1 saturated heterocycles. The minimum Gasteiger partial charge on any atom is -0.323 e. The molecule has 98 valence electrons. The number of pyridine rings is 1. The third kappa shape index (κ3) is 2.43. The van der Waals surface area contributed by atoms with Gasteiger partial charge in [0.1, 0.15) is 6.04 Å². The van der Waals surface area contributed by atoms with Crippen molar-refractivity contribution in [1.82, 2.24) is 15.8 Å². The van der Waals surface area contributed by atoms with Crippen LogP contribution in [-0.4, -0.2) is 23.5 Å². The summed E-state index contributed by atoms with van der Waals surface area (Å²) in [7, 11) is 0. The van der Waals surface area contributed by atoms with E-state index in [1.165, 1.54) is 0 Å². The molecule has 1 aliphatic heterocycles. The van der Waals surface area contributed by atoms with Crippen LogP contribution < -0.4 is 16.2 Å². The first kappa shape index (κ1) is 12.1. The fourth-order valence-electron chi connectivity index (χ4n) is 2.27. The number of nitrogens with one attached hydrogen (secondary N) is 3. The number of benzene rings is 1. The second-order valence-corrected chi connectivity index (χ2v) is 4.89. The van der Waals surface area contributed by atoms with Gasteiger partial charge in [-0.05, 0) is 18.1 Å². The van der Waals surface area contributed by atoms with Crippen LogP contribution in [0.5, 0.6) is 0 Å². The smallest absolute Gasteiger partial charge is 0.243 e. The number of carbonyl (C=O) groups excluding carboxylic acids is 1. The van der Waals surface area contributed by atoms with Gasteiger partial charge in [-0.15, -0.1) is 0 Å². The van der Waals surface area contributed by atoms with Gasteiger partial charge >= 0.3 is 0 Å². The van der Waals surface area contributed by atoms with Crippen molar-refractivity contribution >= 4 is 22.5 Å². The van der Waals surface area contributed by atoms with Gasteiger partial charge in [-0.3, -0.25) is 15.2 Å². The number of rotatable bonds is 2. The highest BCUT2D eigenvalue weighted by molar-refractivity contribution is 5.96. The van der Waals surface area contributed by atoms with Gasteiger partial charge in [-0.25, -0.2) is 5.43 Å². The molecule has 5 heteroatoms. The van der Waals surface area contributed by atoms with Crippen LogP contribution in [0.1, 0.15) is 6.92 Å². The molecule has 5 nitrogen and oxygen atoms in total. The van der Waals surface area contributed by atoms with E-state index in [1.54, 1.807) is 6.20 Å². The second kappa shape index (κ2) is 4.95. The topological polar surface area (TPSA) is 66.0 Å². The highest BCUT2D eigenvalue weighted by Crippen LogP contribution is 2.17. The normalized spacial score (nSPS) is 22.6. The molecule has 1 amide bonds. The Balaban J connectivity index is 1.79. The van der Waals surface area contributed by atoms with Gasteiger partial charge in [0.25, 0.3) is 0 Å². The van der Waals surface area contributed by atoms with Gasteiger partial charge in [0.15, 0.2) is 0 Å². The Hall–Kier alpha value is -1.98. The quantitative estimate of drug-likeness (QED) is 0.757. The molecule has 1 aromatic carbocycles. The van der Waals surface area contributed by atoms with Crippen LogP contribution in [0.15, 0.2) is 36.5 Å². The number of amides is 1. The number of para-hydroxylation sites is 1. The number of fused-ring (bicyclic) bond motifs is 1. The first-order chi connectivity index (χ1) is 9.24. The summed E-state index contributed by atoms with van der Waals surface area (Å²) in [5.74, 6) is 0.239. The largest absolute Gasteiger partial charge is 0.323 e. The van der Waals surface area contributed by atoms with Gasteiger partial charge in [-0.2, -0.15) is 0 Å². The van der Waals surface area contributed by atoms with Crippen molar-refractivity contribution in [3.8, 4) is 0 Å². The maximum atomic E-state index is 12.1. The predicted octanol–water partition coefficient (Wildman–Crippen LogP) is 1.29. The van der Waals surface area contributed by atoms with Crippen molar-refractivity contribution in [2.45, 2.75) is 13.0 Å². The first-order valence-electron chi connectivity index (χ1n) is 6.38. The highest BCUT2D eigenvalue weighted by Gasteiger charge is 2.29. The average Bonchev–Trinajstić information content (AvgIpc) is 2.85. The SMILES string of the molecule is CC1CNNC1C(=O)Nc1cnc2ccccc2c1. The van der Waals surface area contributed by atoms with Crippen LogP contribution in [0.25, 0.3) is 10.9 Å². The van der Waals surface area contributed by atoms with Gasteiger partial charge in [0.2, 0.25) is 5.91 Å². The van der Waals surface area contributed by atoms with Crippen molar-refractivity contribution in [2.24, 2.45) is 5.92 Å². The number of carbonyl (C=O) groups is 1. The molecule has 2 heterocycles. The van der Waals surface area contributed by atoms with Gasteiger partial charge in [0.05, 0.1) is 17.4 Å². The standard InChI is InChI=1S/C14H16N4O/c1-9-7-16-18-13(9)14(19)17-11-6-10-4-2-3-5-12(10)15-8-11/h2-6,8-9,13,16,18H,7H2,1H3,(H,17,19). The van der Waals surface area contributed by atoms with Crippen LogP contribution in [-0.2, 0) is 4.79 Å². The van der Waals surface area contributed by atoms with Crippen molar-refractivity contribution < 1.29 is 4.79 Å². The molecule has 3 rings (SSSR count). The van der Waals surface area contributed by atoms with Crippen LogP contribution in [0, 0.1) is 5.92 Å². The molecule has 1 fully saturated rings. The molecule has 0 saturated carbocycles. The second-order valence-electron chi connectivity index (χ2n) is 4.89. The third-order valence-electron chi connectivity index (χ3n) is 3.39. The molecule has 0 bridgehead atoms. The minimum atomic E-state index is -0.202. The lowest BCUT2D eigenvalue weighted by Crippen LogP contribution is -2.41. The van der Waals surface area contributed by atoms with E-state index in [0.717, 1.165) is 23.1 Å². The lowest BCUT2D eigenvalue weighted by Gasteiger charge is -2.14. The van der Waals surface area contributed by atoms with E-state index in [1.807, 2.05) is 37.3 Å². The number of anilines is 1. The van der Waals surface area contributed by atoms with Crippen LogP contribution >= 0.6 is 0 Å². The molecular formula is C14H16N4O. The van der Waals surface area contributed by atoms with E-state index < -0.39 is 0 Å². The lowest BCUT2D eigenvalue weighted by molar-refractivity contribution is -0.118. The number of hydrogen-bond donors (Lipinski definition) is 3. The van der Waals surface area contributed by atoms with Crippen molar-refractivity contribution in [3.05, 3.63) is 36.5 Å². The number of nitrogens with zero attached hydrogens (tertiary/aromatic N) is 1. The van der Waals surface area contributed by atoms with Crippen LogP contribution in [0.2, 0.25) is 0 Å². The summed E-state index contributed by atoms with van der Waals surface area (Å²) >= 11 is 0. The van der Waals surface area contributed by atoms with E-state index in [-0.39, 0.29) is 17.9 Å². The van der Waals surface area contributed by atoms with E-state index in [2.05, 4.69) is 21.2 Å². The Morgan fingerprint density at radius 3 is 3.05 bits per heavy atom. The van der Waals surface area contributed by atoms with E-state index in [4.69, 9.17) is 0 Å². The summed E-state index contributed by atoms with van der Waals surface area (Å²) in [5.41, 5.74) is 7.63. The Labute approximate surface area is 111 Å². The summed E-state index contributed by atoms with van der Waals surface area (Å²) in [6, 6.07) is 9.57. The van der Waals surface area contributed by atoms with Crippen LogP contribution in [0.3, 0.4) is 0 Å². The molecule has 2 atom stereocenters. The molecule has 19 heavy (non-hydrogen) atoms. The van der Waals surface area contributed by atoms with E-state index in [9.17, 15) is 4.79 Å². The zero-order chi connectivity index (χ0) is 13.2. The molecule has 3 N–H and O–H groups in total. The first-order valence-corrected chi connectivity index (χ1v) is 6.38. The molecule has 2 aromatic rings. The zero-order valence-electron chi connectivity index (χ0n) is 10.7. The van der Waals surface area contributed by atoms with Crippen molar-refractivity contribution in [1.29, 1.82) is 0 Å². The molecule has 0 aliphatic carbocycles. The van der Waals surface area contributed by atoms with Gasteiger partial charge < -0.3 is 5.32 Å². The number of hydrogen-bond acceptors (Lipinski definition) is 4. The van der Waals surface area contributed by atoms with Crippen molar-refractivity contribution in [2.75, 3.05) is 11.9 Å². The Kier molecular flexibility index (Phi) is 3.15. The predicted molar refractivity (Wildman–Crippen MR) is 74.5 cm³/mol. The van der Waals surface area contributed by atoms with Crippen LogP contribution in [0.4, 0.5) is 5.69 Å². The molecule has 0 radical (unpaired) electrons. The summed E-state index contributed by atoms with van der Waals surface area (Å²) in [6.07, 6.45) is 1.69. The average molecular weight is 256 g/mol. The Morgan fingerprint density at radius 2 is 2.26 bits per heavy atom. The van der Waals surface area contributed by atoms with E-state index >= 15 is 0 Å². The summed E-state index contributed by atoms with van der Waals surface area (Å²) in [4.78, 5) is 16.4. The fraction of sp³-hybridized carbons (Fsp3) is 0.286. The Bertz CT molecular complexity index is 613. The third-order valence-corrected chi connectivity index (χ3v) is 3.39. The van der Waals surface area contributed by atoms with Gasteiger partial charge in [-0.1, -0.05) is 25.1 Å². The van der Waals surface area contributed by atoms with Crippen molar-refractivity contribution in [3.63, 3.8) is 0 Å². The Morgan fingerprint density at radius 1 is 1.42 bits per heavy atom. The maximum absolute atomic E-state index is 12.1. The maximum Gasteiger partial charge on any atom is 0.243 e. The van der Waals surface area contributed by atoms with E-state index in [0.29, 0.717) is 0 Å². The summed E-state index contributed by atoms with van der Waals surface area (Å²) < 4.78 is 0. The molecule has 1 aliphatic rings. The summed E-state index contributed by atoms with van der Waals surface area (Å²) in [5, 5.41) is 3.92. The molecular weight excluding hydrogens is 240 g/mol. The van der Waals surface area contributed by atoms with Gasteiger partial charge in [0, 0.05) is 11.9 Å². The number of hydrazine groups is 1. The zero-order valence-corrected chi connectivity index (χ0v) is 10.7. The monoisotopic (exact) mass is 256 g/mol. The number of aromatic nitrogens is 1. The highest BCUT2D eigenvalue weighted by atomic mass is 16.2. The lowest BCUT2D eigenvalue weighted by atomic mass is 10.0. The minimum absolute atomic E-state index is 0.0328. The molecule has 2 unspecified atom stereocenters. The fourth-order valence-corrected chi connectivity index (χ4v) is 2.27. The molecule has 1 aromatic heterocycles. The molecule has 0 spiro atoms.